The van der Waals surface area contributed by atoms with Gasteiger partial charge >= 0.3 is 0 Å². The maximum Gasteiger partial charge on any atom is 0.104 e. The zero-order chi connectivity index (χ0) is 49.9. The van der Waals surface area contributed by atoms with Gasteiger partial charge in [-0.1, -0.05) is 146 Å². The molecule has 0 unspecified atom stereocenters. The van der Waals surface area contributed by atoms with E-state index in [9.17, 15) is 10.5 Å². The topological polar surface area (TPSA) is 75.3 Å². The summed E-state index contributed by atoms with van der Waals surface area (Å²) >= 11 is 5.32. The molecule has 10 aromatic carbocycles. The van der Waals surface area contributed by atoms with Crippen molar-refractivity contribution in [3.05, 3.63) is 218 Å². The highest BCUT2D eigenvalue weighted by molar-refractivity contribution is 7.27. The lowest BCUT2D eigenvalue weighted by Gasteiger charge is -2.26. The fourth-order valence-corrected chi connectivity index (χ4v) is 16.5. The van der Waals surface area contributed by atoms with Crippen LogP contribution in [0.3, 0.4) is 0 Å². The van der Waals surface area contributed by atoms with Crippen LogP contribution in [0.2, 0.25) is 0 Å². The molecule has 350 valence electrons. The molecule has 7 heterocycles. The van der Waals surface area contributed by atoms with Crippen LogP contribution in [0, 0.1) is 22.7 Å². The minimum absolute atomic E-state index is 0.441. The highest BCUT2D eigenvalue weighted by Gasteiger charge is 2.35. The van der Waals surface area contributed by atoms with Crippen LogP contribution in [0.15, 0.2) is 207 Å². The summed E-state index contributed by atoms with van der Waals surface area (Å²) in [6.45, 7) is 0. The second-order valence-corrected chi connectivity index (χ2v) is 22.7. The molecule has 0 aliphatic heterocycles. The fourth-order valence-electron chi connectivity index (χ4n) is 12.8. The molecule has 0 aliphatic rings. The molecule has 0 saturated carbocycles. The Balaban J connectivity index is 1.19. The van der Waals surface area contributed by atoms with Gasteiger partial charge in [0.2, 0.25) is 0 Å². The Kier molecular flexibility index (Phi) is 8.51. The van der Waals surface area contributed by atoms with Gasteiger partial charge in [0.15, 0.2) is 0 Å². The van der Waals surface area contributed by atoms with Crippen molar-refractivity contribution in [1.82, 2.24) is 18.7 Å². The van der Waals surface area contributed by atoms with Gasteiger partial charge in [-0.05, 0) is 54.1 Å². The van der Waals surface area contributed by atoms with E-state index in [1.807, 2.05) is 12.1 Å². The van der Waals surface area contributed by atoms with E-state index in [2.05, 4.69) is 213 Å². The van der Waals surface area contributed by atoms with Gasteiger partial charge in [0, 0.05) is 96.7 Å². The third kappa shape index (κ3) is 5.38. The van der Waals surface area contributed by atoms with Gasteiger partial charge in [-0.15, -0.1) is 34.0 Å². The minimum Gasteiger partial charge on any atom is -0.306 e. The van der Waals surface area contributed by atoms with Crippen molar-refractivity contribution in [2.75, 3.05) is 0 Å². The van der Waals surface area contributed by atoms with Crippen molar-refractivity contribution in [3.8, 4) is 40.3 Å². The largest absolute Gasteiger partial charge is 0.306 e. The summed E-state index contributed by atoms with van der Waals surface area (Å²) in [5, 5.41) is 38.8. The van der Waals surface area contributed by atoms with E-state index < -0.39 is 0 Å². The number of para-hydroxylation sites is 3. The van der Waals surface area contributed by atoms with E-state index in [1.165, 1.54) is 30.3 Å². The molecule has 0 spiro atoms. The molecule has 6 nitrogen and oxygen atoms in total. The first-order valence-corrected chi connectivity index (χ1v) is 27.6. The van der Waals surface area contributed by atoms with Crippen LogP contribution >= 0.6 is 34.0 Å². The lowest BCUT2D eigenvalue weighted by Crippen LogP contribution is -2.14. The van der Waals surface area contributed by atoms with E-state index in [4.69, 9.17) is 0 Å². The molecular formula is C67H34N6S3. The Morgan fingerprint density at radius 2 is 0.645 bits per heavy atom. The number of aromatic nitrogens is 4. The van der Waals surface area contributed by atoms with Gasteiger partial charge in [-0.2, -0.15) is 10.5 Å². The average Bonchev–Trinajstić information content (AvgIpc) is 4.50. The van der Waals surface area contributed by atoms with E-state index >= 15 is 0 Å². The number of hydrogen-bond acceptors (Lipinski definition) is 6. The highest BCUT2D eigenvalue weighted by Crippen LogP contribution is 2.53. The molecule has 0 saturated heterocycles. The molecule has 0 N–H and O–H groups in total. The molecule has 17 rings (SSSR count). The van der Waals surface area contributed by atoms with Crippen molar-refractivity contribution < 1.29 is 0 Å². The number of thiophene rings is 3. The predicted octanol–water partition coefficient (Wildman–Crippen LogP) is 18.9. The molecule has 0 amide bonds. The number of nitriles is 2. The Morgan fingerprint density at radius 1 is 0.316 bits per heavy atom. The molecule has 9 heteroatoms. The summed E-state index contributed by atoms with van der Waals surface area (Å²) in [5.74, 6) is 0. The first kappa shape index (κ1) is 41.8. The van der Waals surface area contributed by atoms with E-state index in [0.717, 1.165) is 101 Å². The van der Waals surface area contributed by atoms with Crippen LogP contribution in [0.1, 0.15) is 11.1 Å². The van der Waals surface area contributed by atoms with Crippen molar-refractivity contribution in [3.63, 3.8) is 0 Å². The maximum atomic E-state index is 12.8. The van der Waals surface area contributed by atoms with Crippen LogP contribution in [0.25, 0.3) is 154 Å². The number of benzene rings is 10. The standard InChI is InChI=1S/C67H34N6S3/c68-35-50-58(37-31-33-70-34-32-37)59(71-52-19-7-1-13-38(52)44-25-28-47-41-16-4-10-22-55(41)74-65(47)62(44)71)51(36-69)61(73-54-21-9-3-15-40(54)46-27-30-49-43-18-6-12-24-57(43)76-67(49)64(46)73)60(50)72-53-20-8-2-14-39(53)45-26-29-48-42-17-5-11-23-56(42)75-66(48)63(45)72/h1-34H. The van der Waals surface area contributed by atoms with Gasteiger partial charge < -0.3 is 13.7 Å². The third-order valence-electron chi connectivity index (χ3n) is 15.8. The van der Waals surface area contributed by atoms with E-state index in [1.54, 1.807) is 46.4 Å². The number of hydrogen-bond donors (Lipinski definition) is 0. The number of nitrogens with zero attached hydrogens (tertiary/aromatic N) is 6. The van der Waals surface area contributed by atoms with Gasteiger partial charge in [0.05, 0.1) is 69.8 Å². The number of pyridine rings is 1. The lowest BCUT2D eigenvalue weighted by atomic mass is 9.91. The Labute approximate surface area is 444 Å². The zero-order valence-corrected chi connectivity index (χ0v) is 42.5. The van der Waals surface area contributed by atoms with Gasteiger partial charge in [0.25, 0.3) is 0 Å². The van der Waals surface area contributed by atoms with Crippen molar-refractivity contribution >= 4 is 160 Å². The molecule has 7 aromatic heterocycles. The number of rotatable bonds is 4. The summed E-state index contributed by atoms with van der Waals surface area (Å²) in [6.07, 6.45) is 3.59. The summed E-state index contributed by atoms with van der Waals surface area (Å²) in [6, 6.07) is 74.9. The van der Waals surface area contributed by atoms with E-state index in [0.29, 0.717) is 33.8 Å². The van der Waals surface area contributed by atoms with Crippen molar-refractivity contribution in [2.24, 2.45) is 0 Å². The third-order valence-corrected chi connectivity index (χ3v) is 19.4. The van der Waals surface area contributed by atoms with Gasteiger partial charge in [-0.25, -0.2) is 0 Å². The molecule has 0 bridgehead atoms. The van der Waals surface area contributed by atoms with Crippen LogP contribution < -0.4 is 0 Å². The Morgan fingerprint density at radius 3 is 1.04 bits per heavy atom. The smallest absolute Gasteiger partial charge is 0.104 e. The van der Waals surface area contributed by atoms with Crippen LogP contribution in [-0.4, -0.2) is 18.7 Å². The normalized spacial score (nSPS) is 12.2. The lowest BCUT2D eigenvalue weighted by molar-refractivity contribution is 1.06. The van der Waals surface area contributed by atoms with Gasteiger partial charge in [0.1, 0.15) is 17.7 Å². The summed E-state index contributed by atoms with van der Waals surface area (Å²) in [5.41, 5.74) is 10.0. The quantitative estimate of drug-likeness (QED) is 0.176. The predicted molar refractivity (Wildman–Crippen MR) is 321 cm³/mol. The van der Waals surface area contributed by atoms with Crippen molar-refractivity contribution in [2.45, 2.75) is 0 Å². The monoisotopic (exact) mass is 1020 g/mol. The first-order chi connectivity index (χ1) is 37.7. The summed E-state index contributed by atoms with van der Waals surface area (Å²) in [4.78, 5) is 4.55. The summed E-state index contributed by atoms with van der Waals surface area (Å²) in [7, 11) is 0. The highest BCUT2D eigenvalue weighted by atomic mass is 32.1. The van der Waals surface area contributed by atoms with Crippen LogP contribution in [0.4, 0.5) is 0 Å². The van der Waals surface area contributed by atoms with E-state index in [-0.39, 0.29) is 0 Å². The minimum atomic E-state index is 0.441. The zero-order valence-electron chi connectivity index (χ0n) is 40.0. The molecule has 76 heavy (non-hydrogen) atoms. The average molecular weight is 1020 g/mol. The van der Waals surface area contributed by atoms with Crippen LogP contribution in [-0.2, 0) is 0 Å². The molecule has 17 aromatic rings. The van der Waals surface area contributed by atoms with Gasteiger partial charge in [-0.3, -0.25) is 4.98 Å². The second-order valence-electron chi connectivity index (χ2n) is 19.5. The SMILES string of the molecule is N#Cc1c(-c2ccncc2)c(-n2c3ccccc3c3ccc4c5ccccc5sc4c32)c(C#N)c(-n2c3ccccc3c3ccc4c5ccccc5sc4c32)c1-n1c2ccccc2c2ccc3c4ccccc4sc3c21. The summed E-state index contributed by atoms with van der Waals surface area (Å²) < 4.78 is 13.9. The Hall–Kier alpha value is -9.61. The number of fused-ring (bicyclic) bond motifs is 21. The fraction of sp³-hybridized carbons (Fsp3) is 0. The first-order valence-electron chi connectivity index (χ1n) is 25.1. The Bertz CT molecular complexity index is 5510. The molecule has 0 atom stereocenters. The molecule has 0 fully saturated rings. The second kappa shape index (κ2) is 15.5. The van der Waals surface area contributed by atoms with Crippen molar-refractivity contribution in [1.29, 1.82) is 10.5 Å². The molecule has 0 aliphatic carbocycles. The maximum absolute atomic E-state index is 12.8. The molecular weight excluding hydrogens is 985 g/mol. The molecule has 0 radical (unpaired) electrons. The van der Waals surface area contributed by atoms with Crippen LogP contribution in [0.5, 0.6) is 0 Å².